The molecule has 128 valence electrons. The third-order valence-electron chi connectivity index (χ3n) is 3.61. The van der Waals surface area contributed by atoms with Crippen LogP contribution < -0.4 is 8.92 Å². The van der Waals surface area contributed by atoms with E-state index in [1.165, 1.54) is 12.1 Å². The Bertz CT molecular complexity index is 959. The van der Waals surface area contributed by atoms with Crippen LogP contribution in [0.4, 0.5) is 0 Å². The lowest BCUT2D eigenvalue weighted by Gasteiger charge is -2.12. The van der Waals surface area contributed by atoms with Crippen LogP contribution in [0.5, 0.6) is 17.2 Å². The van der Waals surface area contributed by atoms with Crippen molar-refractivity contribution in [2.75, 3.05) is 0 Å². The van der Waals surface area contributed by atoms with Crippen molar-refractivity contribution in [3.8, 4) is 17.2 Å². The maximum absolute atomic E-state index is 12.5. The van der Waals surface area contributed by atoms with Crippen LogP contribution in [0.15, 0.2) is 77.7 Å². The van der Waals surface area contributed by atoms with Gasteiger partial charge >= 0.3 is 10.1 Å². The lowest BCUT2D eigenvalue weighted by molar-refractivity contribution is 0.435. The molecule has 0 bridgehead atoms. The molecule has 0 radical (unpaired) electrons. The molecule has 3 aromatic rings. The van der Waals surface area contributed by atoms with Gasteiger partial charge in [0.15, 0.2) is 11.5 Å². The zero-order valence-electron chi connectivity index (χ0n) is 14.0. The molecule has 0 aliphatic rings. The molecule has 0 atom stereocenters. The van der Waals surface area contributed by atoms with Gasteiger partial charge < -0.3 is 8.92 Å². The van der Waals surface area contributed by atoms with Crippen molar-refractivity contribution in [1.29, 1.82) is 0 Å². The van der Waals surface area contributed by atoms with E-state index in [2.05, 4.69) is 0 Å². The number of hydrogen-bond acceptors (Lipinski definition) is 4. The summed E-state index contributed by atoms with van der Waals surface area (Å²) in [5.74, 6) is 1.08. The summed E-state index contributed by atoms with van der Waals surface area (Å²) in [7, 11) is -3.93. The summed E-state index contributed by atoms with van der Waals surface area (Å²) in [5.41, 5.74) is 2.08. The van der Waals surface area contributed by atoms with E-state index in [9.17, 15) is 8.42 Å². The molecule has 4 nitrogen and oxygen atoms in total. The lowest BCUT2D eigenvalue weighted by Crippen LogP contribution is -2.10. The number of para-hydroxylation sites is 2. The van der Waals surface area contributed by atoms with Crippen molar-refractivity contribution in [2.45, 2.75) is 18.7 Å². The summed E-state index contributed by atoms with van der Waals surface area (Å²) in [4.78, 5) is 0.100. The van der Waals surface area contributed by atoms with Gasteiger partial charge in [0.05, 0.1) is 0 Å². The molecule has 0 spiro atoms. The van der Waals surface area contributed by atoms with Crippen molar-refractivity contribution in [2.24, 2.45) is 0 Å². The minimum absolute atomic E-state index is 0.100. The second kappa shape index (κ2) is 6.99. The predicted molar refractivity (Wildman–Crippen MR) is 96.7 cm³/mol. The number of ether oxygens (including phenoxy) is 1. The van der Waals surface area contributed by atoms with E-state index < -0.39 is 10.1 Å². The number of rotatable bonds is 5. The molecule has 25 heavy (non-hydrogen) atoms. The second-order valence-corrected chi connectivity index (χ2v) is 7.26. The molecule has 0 N–H and O–H groups in total. The minimum Gasteiger partial charge on any atom is -0.453 e. The molecule has 0 saturated carbocycles. The Balaban J connectivity index is 1.87. The monoisotopic (exact) mass is 354 g/mol. The fraction of sp³-hybridized carbons (Fsp3) is 0.100. The molecule has 3 aromatic carbocycles. The smallest absolute Gasteiger partial charge is 0.339 e. The van der Waals surface area contributed by atoms with Gasteiger partial charge in [-0.15, -0.1) is 0 Å². The molecule has 0 aliphatic heterocycles. The van der Waals surface area contributed by atoms with E-state index in [1.807, 2.05) is 38.1 Å². The van der Waals surface area contributed by atoms with Gasteiger partial charge in [0, 0.05) is 0 Å². The Morgan fingerprint density at radius 3 is 1.80 bits per heavy atom. The molecule has 0 amide bonds. The largest absolute Gasteiger partial charge is 0.453 e. The first-order valence-corrected chi connectivity index (χ1v) is 9.19. The molecule has 0 aromatic heterocycles. The van der Waals surface area contributed by atoms with Gasteiger partial charge in [-0.05, 0) is 50.2 Å². The third kappa shape index (κ3) is 4.19. The SMILES string of the molecule is Cc1ccc(Oc2ccccc2OS(=O)(=O)c2ccc(C)cc2)cc1. The Morgan fingerprint density at radius 1 is 0.680 bits per heavy atom. The van der Waals surface area contributed by atoms with E-state index in [4.69, 9.17) is 8.92 Å². The molecule has 0 fully saturated rings. The van der Waals surface area contributed by atoms with Crippen molar-refractivity contribution in [1.82, 2.24) is 0 Å². The maximum Gasteiger partial charge on any atom is 0.339 e. The van der Waals surface area contributed by atoms with Crippen molar-refractivity contribution in [3.63, 3.8) is 0 Å². The van der Waals surface area contributed by atoms with Crippen molar-refractivity contribution in [3.05, 3.63) is 83.9 Å². The van der Waals surface area contributed by atoms with Crippen LogP contribution >= 0.6 is 0 Å². The molecular weight excluding hydrogens is 336 g/mol. The summed E-state index contributed by atoms with van der Waals surface area (Å²) in [6.07, 6.45) is 0. The first-order chi connectivity index (χ1) is 11.9. The topological polar surface area (TPSA) is 52.6 Å². The fourth-order valence-electron chi connectivity index (χ4n) is 2.21. The fourth-order valence-corrected chi connectivity index (χ4v) is 3.15. The Labute approximate surface area is 147 Å². The molecular formula is C20H18O4S. The average molecular weight is 354 g/mol. The highest BCUT2D eigenvalue weighted by atomic mass is 32.2. The molecule has 0 saturated heterocycles. The van der Waals surface area contributed by atoms with Crippen LogP contribution in [0.2, 0.25) is 0 Å². The molecule has 0 heterocycles. The van der Waals surface area contributed by atoms with E-state index in [0.717, 1.165) is 11.1 Å². The Kier molecular flexibility index (Phi) is 4.76. The van der Waals surface area contributed by atoms with E-state index in [1.54, 1.807) is 36.4 Å². The summed E-state index contributed by atoms with van der Waals surface area (Å²) < 4.78 is 36.0. The predicted octanol–water partition coefficient (Wildman–Crippen LogP) is 4.86. The van der Waals surface area contributed by atoms with Gasteiger partial charge in [0.1, 0.15) is 10.6 Å². The van der Waals surface area contributed by atoms with Gasteiger partial charge in [-0.1, -0.05) is 47.5 Å². The summed E-state index contributed by atoms with van der Waals surface area (Å²) in [6.45, 7) is 3.87. The van der Waals surface area contributed by atoms with E-state index in [0.29, 0.717) is 11.5 Å². The van der Waals surface area contributed by atoms with Crippen LogP contribution in [-0.2, 0) is 10.1 Å². The second-order valence-electron chi connectivity index (χ2n) is 5.71. The first kappa shape index (κ1) is 17.0. The van der Waals surface area contributed by atoms with Crippen LogP contribution in [0.1, 0.15) is 11.1 Å². The number of benzene rings is 3. The summed E-state index contributed by atoms with van der Waals surface area (Å²) in [5, 5.41) is 0. The van der Waals surface area contributed by atoms with Crippen LogP contribution in [-0.4, -0.2) is 8.42 Å². The molecule has 5 heteroatoms. The van der Waals surface area contributed by atoms with Gasteiger partial charge in [-0.3, -0.25) is 0 Å². The van der Waals surface area contributed by atoms with Crippen molar-refractivity contribution >= 4 is 10.1 Å². The zero-order chi connectivity index (χ0) is 17.9. The molecule has 0 unspecified atom stereocenters. The highest BCUT2D eigenvalue weighted by molar-refractivity contribution is 7.87. The number of hydrogen-bond donors (Lipinski definition) is 0. The highest BCUT2D eigenvalue weighted by Gasteiger charge is 2.19. The first-order valence-electron chi connectivity index (χ1n) is 7.79. The standard InChI is InChI=1S/C20H18O4S/c1-15-7-11-17(12-8-15)23-19-5-3-4-6-20(19)24-25(21,22)18-13-9-16(2)10-14-18/h3-14H,1-2H3. The minimum atomic E-state index is -3.93. The van der Waals surface area contributed by atoms with Crippen LogP contribution in [0, 0.1) is 13.8 Å². The average Bonchev–Trinajstić information content (AvgIpc) is 2.59. The van der Waals surface area contributed by atoms with Crippen LogP contribution in [0.3, 0.4) is 0 Å². The Morgan fingerprint density at radius 2 is 1.20 bits per heavy atom. The molecule has 3 rings (SSSR count). The normalized spacial score (nSPS) is 11.1. The highest BCUT2D eigenvalue weighted by Crippen LogP contribution is 2.33. The van der Waals surface area contributed by atoms with Gasteiger partial charge in [-0.2, -0.15) is 8.42 Å². The summed E-state index contributed by atoms with van der Waals surface area (Å²) >= 11 is 0. The summed E-state index contributed by atoms with van der Waals surface area (Å²) in [6, 6.07) is 20.7. The Hall–Kier alpha value is -2.79. The third-order valence-corrected chi connectivity index (χ3v) is 4.86. The van der Waals surface area contributed by atoms with E-state index in [-0.39, 0.29) is 10.6 Å². The number of aryl methyl sites for hydroxylation is 2. The molecule has 0 aliphatic carbocycles. The lowest BCUT2D eigenvalue weighted by atomic mass is 10.2. The van der Waals surface area contributed by atoms with Gasteiger partial charge in [-0.25, -0.2) is 0 Å². The van der Waals surface area contributed by atoms with Gasteiger partial charge in [0.25, 0.3) is 0 Å². The van der Waals surface area contributed by atoms with Crippen LogP contribution in [0.25, 0.3) is 0 Å². The van der Waals surface area contributed by atoms with E-state index >= 15 is 0 Å². The quantitative estimate of drug-likeness (QED) is 0.614. The maximum atomic E-state index is 12.5. The van der Waals surface area contributed by atoms with Gasteiger partial charge in [0.2, 0.25) is 0 Å². The zero-order valence-corrected chi connectivity index (χ0v) is 14.8. The van der Waals surface area contributed by atoms with Crippen molar-refractivity contribution < 1.29 is 17.3 Å².